The molecule has 1 amide bonds. The predicted octanol–water partition coefficient (Wildman–Crippen LogP) is 3.55. The van der Waals surface area contributed by atoms with E-state index in [4.69, 9.17) is 4.74 Å². The molecule has 1 N–H and O–H groups in total. The zero-order valence-corrected chi connectivity index (χ0v) is 16.5. The number of esters is 1. The molecule has 5 nitrogen and oxygen atoms in total. The van der Waals surface area contributed by atoms with Crippen LogP contribution in [-0.4, -0.2) is 43.0 Å². The lowest BCUT2D eigenvalue weighted by Crippen LogP contribution is -2.32. The van der Waals surface area contributed by atoms with E-state index in [0.29, 0.717) is 19.4 Å². The predicted molar refractivity (Wildman–Crippen MR) is 109 cm³/mol. The van der Waals surface area contributed by atoms with E-state index in [2.05, 4.69) is 16.8 Å². The molecule has 4 rings (SSSR count). The van der Waals surface area contributed by atoms with Gasteiger partial charge in [-0.05, 0) is 62.9 Å². The number of cyclic esters (lactones) is 1. The molecule has 5 heteroatoms. The summed E-state index contributed by atoms with van der Waals surface area (Å²) in [5.74, 6) is 0.233. The van der Waals surface area contributed by atoms with E-state index < -0.39 is 5.41 Å². The van der Waals surface area contributed by atoms with Crippen molar-refractivity contribution in [3.63, 3.8) is 0 Å². The normalized spacial score (nSPS) is 27.5. The van der Waals surface area contributed by atoms with Crippen molar-refractivity contribution < 1.29 is 14.3 Å². The van der Waals surface area contributed by atoms with Crippen molar-refractivity contribution in [3.05, 3.63) is 42.0 Å². The van der Waals surface area contributed by atoms with Crippen molar-refractivity contribution in [2.24, 2.45) is 11.3 Å². The zero-order chi connectivity index (χ0) is 19.6. The molecule has 2 saturated heterocycles. The Morgan fingerprint density at radius 2 is 1.96 bits per heavy atom. The summed E-state index contributed by atoms with van der Waals surface area (Å²) in [4.78, 5) is 27.0. The second-order valence-corrected chi connectivity index (χ2v) is 8.66. The average Bonchev–Trinajstić information content (AvgIpc) is 3.17. The Morgan fingerprint density at radius 1 is 1.21 bits per heavy atom. The molecule has 1 aromatic carbocycles. The highest BCUT2D eigenvalue weighted by atomic mass is 16.5. The number of carbonyl (C=O) groups excluding carboxylic acids is 2. The molecule has 0 spiro atoms. The molecule has 1 saturated carbocycles. The number of carbonyl (C=O) groups is 2. The molecule has 2 atom stereocenters. The fourth-order valence-corrected chi connectivity index (χ4v) is 5.00. The Kier molecular flexibility index (Phi) is 5.54. The number of anilines is 1. The van der Waals surface area contributed by atoms with E-state index in [1.807, 2.05) is 24.3 Å². The average molecular weight is 383 g/mol. The summed E-state index contributed by atoms with van der Waals surface area (Å²) in [6.45, 7) is 7.67. The van der Waals surface area contributed by atoms with Gasteiger partial charge in [0.2, 0.25) is 5.91 Å². The smallest absolute Gasteiger partial charge is 0.313 e. The molecule has 0 bridgehead atoms. The zero-order valence-electron chi connectivity index (χ0n) is 16.5. The van der Waals surface area contributed by atoms with Crippen LogP contribution in [0.5, 0.6) is 0 Å². The summed E-state index contributed by atoms with van der Waals surface area (Å²) < 4.78 is 5.36. The molecular formula is C23H30N2O3. The molecule has 28 heavy (non-hydrogen) atoms. The Balaban J connectivity index is 1.32. The maximum Gasteiger partial charge on any atom is 0.313 e. The second-order valence-electron chi connectivity index (χ2n) is 8.66. The van der Waals surface area contributed by atoms with Gasteiger partial charge in [-0.1, -0.05) is 30.7 Å². The van der Waals surface area contributed by atoms with Crippen molar-refractivity contribution >= 4 is 17.6 Å². The Morgan fingerprint density at radius 3 is 2.71 bits per heavy atom. The highest BCUT2D eigenvalue weighted by Crippen LogP contribution is 2.52. The number of likely N-dealkylation sites (tertiary alicyclic amines) is 1. The van der Waals surface area contributed by atoms with Crippen LogP contribution in [-0.2, 0) is 20.7 Å². The minimum Gasteiger partial charge on any atom is -0.465 e. The molecule has 2 heterocycles. The van der Waals surface area contributed by atoms with E-state index in [1.54, 1.807) is 0 Å². The summed E-state index contributed by atoms with van der Waals surface area (Å²) in [6.07, 6.45) is 6.61. The van der Waals surface area contributed by atoms with Gasteiger partial charge in [0, 0.05) is 24.6 Å². The van der Waals surface area contributed by atoms with Gasteiger partial charge in [0.1, 0.15) is 0 Å². The first kappa shape index (κ1) is 19.2. The SMILES string of the molecule is C=C1CC2COC(=O)C2(Cc2ccc(NC(=O)CCN3CCCCC3)cc2)C1. The van der Waals surface area contributed by atoms with Crippen molar-refractivity contribution in [3.8, 4) is 0 Å². The minimum atomic E-state index is -0.434. The quantitative estimate of drug-likeness (QED) is 0.604. The number of rotatable bonds is 6. The number of benzene rings is 1. The van der Waals surface area contributed by atoms with Gasteiger partial charge in [0.05, 0.1) is 12.0 Å². The van der Waals surface area contributed by atoms with Crippen LogP contribution in [0.1, 0.15) is 44.1 Å². The number of piperidine rings is 1. The molecule has 2 unspecified atom stereocenters. The summed E-state index contributed by atoms with van der Waals surface area (Å²) in [5, 5.41) is 2.99. The maximum atomic E-state index is 12.4. The van der Waals surface area contributed by atoms with Crippen molar-refractivity contribution in [1.82, 2.24) is 4.90 Å². The number of allylic oxidation sites excluding steroid dienone is 1. The molecule has 1 aromatic rings. The minimum absolute atomic E-state index is 0.0587. The molecule has 1 aliphatic carbocycles. The van der Waals surface area contributed by atoms with Gasteiger partial charge >= 0.3 is 5.97 Å². The van der Waals surface area contributed by atoms with Crippen LogP contribution in [0.3, 0.4) is 0 Å². The molecule has 0 aromatic heterocycles. The monoisotopic (exact) mass is 382 g/mol. The van der Waals surface area contributed by atoms with E-state index in [0.717, 1.165) is 49.3 Å². The van der Waals surface area contributed by atoms with Crippen LogP contribution < -0.4 is 5.32 Å². The third kappa shape index (κ3) is 4.00. The molecule has 3 aliphatic rings. The van der Waals surface area contributed by atoms with E-state index in [9.17, 15) is 9.59 Å². The molecule has 2 aliphatic heterocycles. The van der Waals surface area contributed by atoms with Crippen molar-refractivity contribution in [2.45, 2.75) is 44.9 Å². The van der Waals surface area contributed by atoms with Gasteiger partial charge in [-0.25, -0.2) is 0 Å². The van der Waals surface area contributed by atoms with E-state index in [-0.39, 0.29) is 17.8 Å². The first-order valence-corrected chi connectivity index (χ1v) is 10.5. The Bertz CT molecular complexity index is 752. The topological polar surface area (TPSA) is 58.6 Å². The lowest BCUT2D eigenvalue weighted by Gasteiger charge is -2.26. The summed E-state index contributed by atoms with van der Waals surface area (Å²) in [5.41, 5.74) is 2.63. The van der Waals surface area contributed by atoms with E-state index in [1.165, 1.54) is 19.3 Å². The highest BCUT2D eigenvalue weighted by molar-refractivity contribution is 5.90. The number of nitrogens with zero attached hydrogens (tertiary/aromatic N) is 1. The van der Waals surface area contributed by atoms with Gasteiger partial charge in [0.15, 0.2) is 0 Å². The largest absolute Gasteiger partial charge is 0.465 e. The third-order valence-corrected chi connectivity index (χ3v) is 6.57. The Hall–Kier alpha value is -2.14. The first-order chi connectivity index (χ1) is 13.5. The van der Waals surface area contributed by atoms with Crippen LogP contribution in [0.4, 0.5) is 5.69 Å². The summed E-state index contributed by atoms with van der Waals surface area (Å²) in [7, 11) is 0. The number of fused-ring (bicyclic) bond motifs is 1. The lowest BCUT2D eigenvalue weighted by atomic mass is 9.75. The van der Waals surface area contributed by atoms with Gasteiger partial charge in [-0.3, -0.25) is 9.59 Å². The standard InChI is InChI=1S/C23H30N2O3/c1-17-13-19-16-28-22(27)23(19,14-17)15-18-5-7-20(8-6-18)24-21(26)9-12-25-10-3-2-4-11-25/h5-8,19H,1-4,9-16H2,(H,24,26). The highest BCUT2D eigenvalue weighted by Gasteiger charge is 2.55. The first-order valence-electron chi connectivity index (χ1n) is 10.5. The number of amides is 1. The van der Waals surface area contributed by atoms with Crippen molar-refractivity contribution in [2.75, 3.05) is 31.6 Å². The molecule has 0 radical (unpaired) electrons. The van der Waals surface area contributed by atoms with Crippen LogP contribution >= 0.6 is 0 Å². The van der Waals surface area contributed by atoms with Gasteiger partial charge in [0.25, 0.3) is 0 Å². The number of nitrogens with one attached hydrogen (secondary N) is 1. The number of ether oxygens (including phenoxy) is 1. The second kappa shape index (κ2) is 8.08. The number of hydrogen-bond acceptors (Lipinski definition) is 4. The molecular weight excluding hydrogens is 352 g/mol. The third-order valence-electron chi connectivity index (χ3n) is 6.57. The summed E-state index contributed by atoms with van der Waals surface area (Å²) in [6, 6.07) is 7.89. The molecule has 3 fully saturated rings. The van der Waals surface area contributed by atoms with Crippen molar-refractivity contribution in [1.29, 1.82) is 0 Å². The maximum absolute atomic E-state index is 12.4. The van der Waals surface area contributed by atoms with Crippen LogP contribution in [0.25, 0.3) is 0 Å². The fourth-order valence-electron chi connectivity index (χ4n) is 5.00. The van der Waals surface area contributed by atoms with Crippen LogP contribution in [0, 0.1) is 11.3 Å². The summed E-state index contributed by atoms with van der Waals surface area (Å²) >= 11 is 0. The van der Waals surface area contributed by atoms with Crippen LogP contribution in [0.15, 0.2) is 36.4 Å². The van der Waals surface area contributed by atoms with Gasteiger partial charge < -0.3 is 15.0 Å². The molecule has 150 valence electrons. The van der Waals surface area contributed by atoms with E-state index >= 15 is 0 Å². The van der Waals surface area contributed by atoms with Gasteiger partial charge in [-0.15, -0.1) is 0 Å². The fraction of sp³-hybridized carbons (Fsp3) is 0.565. The lowest BCUT2D eigenvalue weighted by molar-refractivity contribution is -0.146. The number of hydrogen-bond donors (Lipinski definition) is 1. The Labute approximate surface area is 167 Å². The van der Waals surface area contributed by atoms with Crippen LogP contribution in [0.2, 0.25) is 0 Å². The van der Waals surface area contributed by atoms with Gasteiger partial charge in [-0.2, -0.15) is 0 Å².